The summed E-state index contributed by atoms with van der Waals surface area (Å²) in [5.74, 6) is -0.131. The molecule has 0 amide bonds. The Morgan fingerprint density at radius 1 is 1.44 bits per heavy atom. The molecule has 0 aliphatic heterocycles. The lowest BCUT2D eigenvalue weighted by molar-refractivity contribution is 0.408. The zero-order valence-corrected chi connectivity index (χ0v) is 9.60. The van der Waals surface area contributed by atoms with Crippen molar-refractivity contribution in [2.75, 3.05) is 0 Å². The molecule has 0 unspecified atom stereocenters. The van der Waals surface area contributed by atoms with Crippen LogP contribution in [0.4, 0.5) is 8.39 Å². The van der Waals surface area contributed by atoms with Gasteiger partial charge in [-0.2, -0.15) is 8.42 Å². The topological polar surface area (TPSA) is 72.5 Å². The van der Waals surface area contributed by atoms with Gasteiger partial charge in [0.1, 0.15) is 5.76 Å². The number of nitrogens with one attached hydrogen (secondary N) is 1. The standard InChI is InChI=1S/C7H8F2NO4PS/c1-6-2-4-7(5-3-6)14-16(12,13)10-15(8,9)11/h2,4-5H,1,3H2,(H,10,11). The molecule has 1 N–H and O–H groups in total. The molecule has 1 rings (SSSR count). The smallest absolute Gasteiger partial charge is 0.371 e. The summed E-state index contributed by atoms with van der Waals surface area (Å²) >= 11 is 0. The molecule has 0 saturated heterocycles. The molecule has 0 aromatic heterocycles. The molecule has 90 valence electrons. The largest absolute Gasteiger partial charge is 0.496 e. The van der Waals surface area contributed by atoms with Gasteiger partial charge < -0.3 is 4.18 Å². The predicted molar refractivity (Wildman–Crippen MR) is 53.9 cm³/mol. The van der Waals surface area contributed by atoms with Gasteiger partial charge in [-0.05, 0) is 18.6 Å². The summed E-state index contributed by atoms with van der Waals surface area (Å²) in [6, 6.07) is 0. The first kappa shape index (κ1) is 13.1. The zero-order valence-electron chi connectivity index (χ0n) is 7.89. The van der Waals surface area contributed by atoms with Crippen molar-refractivity contribution in [3.8, 4) is 0 Å². The molecule has 1 aliphatic rings. The highest BCUT2D eigenvalue weighted by Crippen LogP contribution is 2.45. The van der Waals surface area contributed by atoms with Crippen LogP contribution in [0.25, 0.3) is 0 Å². The van der Waals surface area contributed by atoms with Crippen LogP contribution in [0.5, 0.6) is 0 Å². The predicted octanol–water partition coefficient (Wildman–Crippen LogP) is 2.28. The Balaban J connectivity index is 2.72. The van der Waals surface area contributed by atoms with Gasteiger partial charge in [0.15, 0.2) is 0 Å². The third kappa shape index (κ3) is 4.69. The molecule has 0 radical (unpaired) electrons. The third-order valence-electron chi connectivity index (χ3n) is 1.47. The molecule has 1 aliphatic carbocycles. The number of rotatable bonds is 4. The van der Waals surface area contributed by atoms with E-state index in [4.69, 9.17) is 0 Å². The minimum Gasteiger partial charge on any atom is -0.371 e. The second-order valence-electron chi connectivity index (χ2n) is 2.89. The van der Waals surface area contributed by atoms with Crippen LogP contribution < -0.4 is 4.49 Å². The van der Waals surface area contributed by atoms with Crippen molar-refractivity contribution in [2.24, 2.45) is 0 Å². The fourth-order valence-electron chi connectivity index (χ4n) is 0.905. The molecule has 0 atom stereocenters. The van der Waals surface area contributed by atoms with E-state index in [9.17, 15) is 21.4 Å². The van der Waals surface area contributed by atoms with Gasteiger partial charge >= 0.3 is 18.2 Å². The Labute approximate surface area is 91.4 Å². The Bertz CT molecular complexity index is 504. The average molecular weight is 271 g/mol. The minimum absolute atomic E-state index is 0.131. The van der Waals surface area contributed by atoms with Crippen LogP contribution >= 0.6 is 7.91 Å². The summed E-state index contributed by atoms with van der Waals surface area (Å²) in [6.45, 7) is 3.59. The lowest BCUT2D eigenvalue weighted by atomic mass is 10.1. The number of hydrogen-bond donors (Lipinski definition) is 1. The van der Waals surface area contributed by atoms with Crippen LogP contribution in [0.3, 0.4) is 0 Å². The van der Waals surface area contributed by atoms with Gasteiger partial charge in [0.2, 0.25) is 0 Å². The van der Waals surface area contributed by atoms with Gasteiger partial charge in [-0.25, -0.2) is 4.57 Å². The monoisotopic (exact) mass is 271 g/mol. The molecule has 0 aromatic rings. The highest BCUT2D eigenvalue weighted by molar-refractivity contribution is 7.90. The molecule has 0 spiro atoms. The molecule has 0 bridgehead atoms. The number of hydrogen-bond acceptors (Lipinski definition) is 4. The summed E-state index contributed by atoms with van der Waals surface area (Å²) in [6.07, 6.45) is 4.44. The summed E-state index contributed by atoms with van der Waals surface area (Å²) in [7, 11) is -10.7. The van der Waals surface area contributed by atoms with E-state index in [0.29, 0.717) is 10.9 Å². The second kappa shape index (κ2) is 4.48. The molecule has 0 aromatic carbocycles. The first-order chi connectivity index (χ1) is 7.18. The second-order valence-corrected chi connectivity index (χ2v) is 5.62. The summed E-state index contributed by atoms with van der Waals surface area (Å²) < 4.78 is 60.6. The highest BCUT2D eigenvalue weighted by atomic mass is 32.2. The summed E-state index contributed by atoms with van der Waals surface area (Å²) in [4.78, 5) is 0. The van der Waals surface area contributed by atoms with Crippen LogP contribution in [0.15, 0.2) is 36.1 Å². The lowest BCUT2D eigenvalue weighted by Gasteiger charge is -2.10. The number of allylic oxidation sites excluding steroid dienone is 4. The van der Waals surface area contributed by atoms with Crippen molar-refractivity contribution in [3.05, 3.63) is 36.1 Å². The molecule has 0 heterocycles. The van der Waals surface area contributed by atoms with Gasteiger partial charge in [0.05, 0.1) is 0 Å². The van der Waals surface area contributed by atoms with Gasteiger partial charge in [0.25, 0.3) is 0 Å². The fraction of sp³-hybridized carbons (Fsp3) is 0.143. The molecule has 5 nitrogen and oxygen atoms in total. The van der Waals surface area contributed by atoms with Crippen molar-refractivity contribution in [3.63, 3.8) is 0 Å². The molecule has 0 fully saturated rings. The molecule has 0 saturated carbocycles. The Kier molecular flexibility index (Phi) is 3.67. The van der Waals surface area contributed by atoms with Crippen molar-refractivity contribution in [2.45, 2.75) is 6.42 Å². The van der Waals surface area contributed by atoms with Crippen LogP contribution in [0.1, 0.15) is 6.42 Å². The Morgan fingerprint density at radius 3 is 2.50 bits per heavy atom. The number of halogens is 2. The first-order valence-electron chi connectivity index (χ1n) is 3.97. The van der Waals surface area contributed by atoms with E-state index in [0.717, 1.165) is 5.57 Å². The van der Waals surface area contributed by atoms with E-state index in [-0.39, 0.29) is 5.76 Å². The van der Waals surface area contributed by atoms with E-state index in [2.05, 4.69) is 10.8 Å². The van der Waals surface area contributed by atoms with E-state index in [1.54, 1.807) is 0 Å². The third-order valence-corrected chi connectivity index (χ3v) is 3.63. The van der Waals surface area contributed by atoms with Crippen LogP contribution in [-0.4, -0.2) is 8.42 Å². The van der Waals surface area contributed by atoms with E-state index in [1.807, 2.05) is 0 Å². The maximum atomic E-state index is 12.0. The minimum atomic E-state index is -5.90. The summed E-state index contributed by atoms with van der Waals surface area (Å²) in [5, 5.41) is 0. The van der Waals surface area contributed by atoms with Crippen molar-refractivity contribution in [1.29, 1.82) is 0 Å². The Hall–Kier alpha value is -0.980. The SMILES string of the molecule is C=C1C=CC(OS(=O)(=O)NP(=O)(F)F)=CC1. The Morgan fingerprint density at radius 2 is 2.06 bits per heavy atom. The molecular weight excluding hydrogens is 263 g/mol. The van der Waals surface area contributed by atoms with Crippen molar-refractivity contribution in [1.82, 2.24) is 4.49 Å². The molecular formula is C7H8F2NO4PS. The van der Waals surface area contributed by atoms with Gasteiger partial charge in [-0.15, -0.1) is 8.39 Å². The fourth-order valence-corrected chi connectivity index (χ4v) is 2.47. The van der Waals surface area contributed by atoms with Gasteiger partial charge in [0, 0.05) is 0 Å². The van der Waals surface area contributed by atoms with Gasteiger partial charge in [-0.3, -0.25) is 0 Å². The van der Waals surface area contributed by atoms with E-state index < -0.39 is 18.2 Å². The van der Waals surface area contributed by atoms with Crippen LogP contribution in [-0.2, 0) is 19.1 Å². The lowest BCUT2D eigenvalue weighted by Crippen LogP contribution is -2.20. The van der Waals surface area contributed by atoms with E-state index >= 15 is 0 Å². The molecule has 9 heteroatoms. The van der Waals surface area contributed by atoms with Crippen molar-refractivity contribution >= 4 is 18.2 Å². The van der Waals surface area contributed by atoms with Crippen LogP contribution in [0, 0.1) is 0 Å². The van der Waals surface area contributed by atoms with Gasteiger partial charge in [-0.1, -0.05) is 22.7 Å². The van der Waals surface area contributed by atoms with E-state index in [1.165, 1.54) is 18.2 Å². The highest BCUT2D eigenvalue weighted by Gasteiger charge is 2.29. The summed E-state index contributed by atoms with van der Waals surface area (Å²) in [5.41, 5.74) is 0.722. The maximum absolute atomic E-state index is 12.0. The molecule has 16 heavy (non-hydrogen) atoms. The first-order valence-corrected chi connectivity index (χ1v) is 6.86. The quantitative estimate of drug-likeness (QED) is 0.796. The van der Waals surface area contributed by atoms with Crippen molar-refractivity contribution < 1.29 is 25.6 Å². The maximum Gasteiger partial charge on any atom is 0.496 e. The zero-order chi connectivity index (χ0) is 12.4. The van der Waals surface area contributed by atoms with Crippen LogP contribution in [0.2, 0.25) is 0 Å². The normalized spacial score (nSPS) is 17.1. The average Bonchev–Trinajstić information content (AvgIpc) is 2.04.